The van der Waals surface area contributed by atoms with Crippen LogP contribution >= 0.6 is 11.8 Å². The maximum absolute atomic E-state index is 8.41. The second kappa shape index (κ2) is 15.9. The molecule has 0 radical (unpaired) electrons. The Kier molecular flexibility index (Phi) is 13.9. The van der Waals surface area contributed by atoms with E-state index in [2.05, 4.69) is 29.7 Å². The summed E-state index contributed by atoms with van der Waals surface area (Å²) in [6.07, 6.45) is 13.1. The van der Waals surface area contributed by atoms with Gasteiger partial charge in [0.15, 0.2) is 0 Å². The number of hydrogen-bond donors (Lipinski definition) is 0. The first-order chi connectivity index (χ1) is 11.4. The standard InChI is InChI=1S/C20H31NOS/c21-19-23-17-13-8-6-4-2-1-3-5-7-12-16-22-18-20-14-10-9-11-15-20/h9-11,14-15H,1-8,12-13,16-18H2. The zero-order valence-electron chi connectivity index (χ0n) is 14.3. The van der Waals surface area contributed by atoms with Crippen molar-refractivity contribution in [3.63, 3.8) is 0 Å². The third-order valence-corrected chi connectivity index (χ3v) is 4.58. The van der Waals surface area contributed by atoms with Crippen molar-refractivity contribution in [1.82, 2.24) is 0 Å². The fourth-order valence-electron chi connectivity index (χ4n) is 2.60. The van der Waals surface area contributed by atoms with Gasteiger partial charge >= 0.3 is 0 Å². The second-order valence-corrected chi connectivity index (χ2v) is 6.89. The Morgan fingerprint density at radius 2 is 1.35 bits per heavy atom. The van der Waals surface area contributed by atoms with Gasteiger partial charge in [-0.2, -0.15) is 5.26 Å². The quantitative estimate of drug-likeness (QED) is 0.278. The van der Waals surface area contributed by atoms with E-state index in [1.54, 1.807) is 0 Å². The number of thioether (sulfide) groups is 1. The highest BCUT2D eigenvalue weighted by atomic mass is 32.2. The lowest BCUT2D eigenvalue weighted by Gasteiger charge is -2.05. The first-order valence-electron chi connectivity index (χ1n) is 9.06. The van der Waals surface area contributed by atoms with Gasteiger partial charge in [0.25, 0.3) is 0 Å². The fourth-order valence-corrected chi connectivity index (χ4v) is 3.04. The van der Waals surface area contributed by atoms with Crippen LogP contribution in [0.4, 0.5) is 0 Å². The summed E-state index contributed by atoms with van der Waals surface area (Å²) in [7, 11) is 0. The van der Waals surface area contributed by atoms with Gasteiger partial charge in [-0.25, -0.2) is 0 Å². The average molecular weight is 334 g/mol. The number of thiocyanates is 1. The van der Waals surface area contributed by atoms with E-state index >= 15 is 0 Å². The molecule has 1 aromatic rings. The van der Waals surface area contributed by atoms with Crippen LogP contribution in [0.1, 0.15) is 69.8 Å². The van der Waals surface area contributed by atoms with Crippen LogP contribution in [-0.2, 0) is 11.3 Å². The van der Waals surface area contributed by atoms with Crippen molar-refractivity contribution in [3.05, 3.63) is 35.9 Å². The molecule has 3 heteroatoms. The summed E-state index contributed by atoms with van der Waals surface area (Å²) in [5, 5.41) is 10.5. The summed E-state index contributed by atoms with van der Waals surface area (Å²) >= 11 is 1.38. The lowest BCUT2D eigenvalue weighted by molar-refractivity contribution is 0.116. The van der Waals surface area contributed by atoms with E-state index in [0.717, 1.165) is 19.0 Å². The third kappa shape index (κ3) is 13.2. The maximum Gasteiger partial charge on any atom is 0.133 e. The van der Waals surface area contributed by atoms with E-state index in [0.29, 0.717) is 0 Å². The molecule has 0 heterocycles. The number of nitrogens with zero attached hydrogens (tertiary/aromatic N) is 1. The van der Waals surface area contributed by atoms with Gasteiger partial charge < -0.3 is 4.74 Å². The van der Waals surface area contributed by atoms with Gasteiger partial charge in [0.05, 0.1) is 6.61 Å². The van der Waals surface area contributed by atoms with Crippen molar-refractivity contribution in [3.8, 4) is 5.40 Å². The molecule has 0 unspecified atom stereocenters. The van der Waals surface area contributed by atoms with Gasteiger partial charge in [0, 0.05) is 12.4 Å². The monoisotopic (exact) mass is 333 g/mol. The summed E-state index contributed by atoms with van der Waals surface area (Å²) in [4.78, 5) is 0. The zero-order valence-corrected chi connectivity index (χ0v) is 15.2. The molecule has 0 aliphatic carbocycles. The number of hydrogen-bond acceptors (Lipinski definition) is 3. The van der Waals surface area contributed by atoms with Gasteiger partial charge in [0.2, 0.25) is 0 Å². The van der Waals surface area contributed by atoms with Crippen LogP contribution in [0.15, 0.2) is 30.3 Å². The zero-order chi connectivity index (χ0) is 16.4. The Morgan fingerprint density at radius 1 is 0.783 bits per heavy atom. The van der Waals surface area contributed by atoms with Crippen molar-refractivity contribution in [2.24, 2.45) is 0 Å². The van der Waals surface area contributed by atoms with Crippen LogP contribution in [0.25, 0.3) is 0 Å². The minimum Gasteiger partial charge on any atom is -0.377 e. The summed E-state index contributed by atoms with van der Waals surface area (Å²) in [5.74, 6) is 1.00. The SMILES string of the molecule is N#CSCCCCCCCCCCCCOCc1ccccc1. The van der Waals surface area contributed by atoms with Crippen LogP contribution < -0.4 is 0 Å². The highest BCUT2D eigenvalue weighted by molar-refractivity contribution is 8.03. The van der Waals surface area contributed by atoms with Crippen LogP contribution in [0.2, 0.25) is 0 Å². The first-order valence-corrected chi connectivity index (χ1v) is 10.0. The minimum absolute atomic E-state index is 0.744. The molecule has 0 aliphatic rings. The molecule has 1 aromatic carbocycles. The van der Waals surface area contributed by atoms with E-state index in [1.165, 1.54) is 81.5 Å². The highest BCUT2D eigenvalue weighted by Crippen LogP contribution is 2.12. The van der Waals surface area contributed by atoms with E-state index < -0.39 is 0 Å². The predicted molar refractivity (Wildman–Crippen MR) is 100 cm³/mol. The molecule has 0 amide bonds. The number of unbranched alkanes of at least 4 members (excludes halogenated alkanes) is 9. The Morgan fingerprint density at radius 3 is 1.96 bits per heavy atom. The minimum atomic E-state index is 0.744. The van der Waals surface area contributed by atoms with Crippen LogP contribution in [0, 0.1) is 10.7 Å². The van der Waals surface area contributed by atoms with Gasteiger partial charge in [-0.3, -0.25) is 0 Å². The number of benzene rings is 1. The van der Waals surface area contributed by atoms with E-state index in [9.17, 15) is 0 Å². The molecule has 0 spiro atoms. The summed E-state index contributed by atoms with van der Waals surface area (Å²) in [6.45, 7) is 1.63. The topological polar surface area (TPSA) is 33.0 Å². The van der Waals surface area contributed by atoms with Gasteiger partial charge in [0.1, 0.15) is 5.40 Å². The third-order valence-electron chi connectivity index (χ3n) is 3.96. The van der Waals surface area contributed by atoms with Gasteiger partial charge in [-0.1, -0.05) is 81.7 Å². The summed E-state index contributed by atoms with van der Waals surface area (Å²) in [6, 6.07) is 10.4. The molecular weight excluding hydrogens is 302 g/mol. The van der Waals surface area contributed by atoms with Crippen molar-refractivity contribution in [1.29, 1.82) is 5.26 Å². The first kappa shape index (κ1) is 20.1. The molecule has 1 rings (SSSR count). The average Bonchev–Trinajstić information content (AvgIpc) is 2.59. The number of rotatable bonds is 15. The van der Waals surface area contributed by atoms with Crippen molar-refractivity contribution in [2.45, 2.75) is 70.8 Å². The largest absolute Gasteiger partial charge is 0.377 e. The molecule has 0 saturated heterocycles. The molecule has 0 atom stereocenters. The normalized spacial score (nSPS) is 10.6. The molecule has 0 saturated carbocycles. The molecule has 0 bridgehead atoms. The lowest BCUT2D eigenvalue weighted by Crippen LogP contribution is -1.95. The van der Waals surface area contributed by atoms with E-state index in [4.69, 9.17) is 10.00 Å². The molecule has 2 nitrogen and oxygen atoms in total. The fraction of sp³-hybridized carbons (Fsp3) is 0.650. The highest BCUT2D eigenvalue weighted by Gasteiger charge is 1.95. The molecule has 0 aliphatic heterocycles. The Bertz CT molecular complexity index is 402. The maximum atomic E-state index is 8.41. The van der Waals surface area contributed by atoms with Crippen molar-refractivity contribution < 1.29 is 4.74 Å². The van der Waals surface area contributed by atoms with Crippen LogP contribution in [0.3, 0.4) is 0 Å². The Balaban J connectivity index is 1.73. The molecule has 23 heavy (non-hydrogen) atoms. The summed E-state index contributed by atoms with van der Waals surface area (Å²) < 4.78 is 5.70. The lowest BCUT2D eigenvalue weighted by atomic mass is 10.1. The number of ether oxygens (including phenoxy) is 1. The van der Waals surface area contributed by atoms with Crippen LogP contribution in [-0.4, -0.2) is 12.4 Å². The van der Waals surface area contributed by atoms with E-state index in [1.807, 2.05) is 6.07 Å². The van der Waals surface area contributed by atoms with Crippen molar-refractivity contribution in [2.75, 3.05) is 12.4 Å². The summed E-state index contributed by atoms with van der Waals surface area (Å²) in [5.41, 5.74) is 1.26. The molecular formula is C20H31NOS. The molecule has 0 N–H and O–H groups in total. The Labute approximate surface area is 146 Å². The second-order valence-electron chi connectivity index (χ2n) is 6.01. The number of nitriles is 1. The molecule has 0 aromatic heterocycles. The van der Waals surface area contributed by atoms with Gasteiger partial charge in [-0.15, -0.1) is 0 Å². The van der Waals surface area contributed by atoms with Crippen molar-refractivity contribution >= 4 is 11.8 Å². The predicted octanol–water partition coefficient (Wildman–Crippen LogP) is 6.32. The van der Waals surface area contributed by atoms with E-state index in [-0.39, 0.29) is 0 Å². The van der Waals surface area contributed by atoms with Gasteiger partial charge in [-0.05, 0) is 30.2 Å². The van der Waals surface area contributed by atoms with Crippen LogP contribution in [0.5, 0.6) is 0 Å². The molecule has 128 valence electrons. The Hall–Kier alpha value is -0.980. The molecule has 0 fully saturated rings. The smallest absolute Gasteiger partial charge is 0.133 e.